The SMILES string of the molecule is Fc1cccc(F)c1Nc1nncc(NCCCc2ccccc2)n1. The molecule has 0 saturated carbocycles. The van der Waals surface area contributed by atoms with Crippen LogP contribution in [0.1, 0.15) is 12.0 Å². The van der Waals surface area contributed by atoms with Gasteiger partial charge in [0.1, 0.15) is 17.3 Å². The summed E-state index contributed by atoms with van der Waals surface area (Å²) in [6, 6.07) is 13.8. The highest BCUT2D eigenvalue weighted by Crippen LogP contribution is 2.21. The first kappa shape index (κ1) is 16.8. The van der Waals surface area contributed by atoms with E-state index in [0.717, 1.165) is 25.0 Å². The molecular weight excluding hydrogens is 324 g/mol. The van der Waals surface area contributed by atoms with Crippen molar-refractivity contribution in [1.82, 2.24) is 15.2 Å². The number of anilines is 3. The highest BCUT2D eigenvalue weighted by atomic mass is 19.1. The molecule has 0 aliphatic carbocycles. The molecule has 0 bridgehead atoms. The van der Waals surface area contributed by atoms with Gasteiger partial charge in [-0.25, -0.2) is 8.78 Å². The zero-order valence-electron chi connectivity index (χ0n) is 13.4. The van der Waals surface area contributed by atoms with Gasteiger partial charge in [-0.3, -0.25) is 0 Å². The van der Waals surface area contributed by atoms with Crippen molar-refractivity contribution in [3.8, 4) is 0 Å². The van der Waals surface area contributed by atoms with Gasteiger partial charge in [0.05, 0.1) is 6.20 Å². The van der Waals surface area contributed by atoms with Crippen LogP contribution in [0.2, 0.25) is 0 Å². The molecule has 2 aromatic carbocycles. The summed E-state index contributed by atoms with van der Waals surface area (Å²) in [5, 5.41) is 13.2. The summed E-state index contributed by atoms with van der Waals surface area (Å²) in [6.07, 6.45) is 3.32. The first-order chi connectivity index (χ1) is 12.2. The van der Waals surface area contributed by atoms with E-state index in [1.165, 1.54) is 17.8 Å². The first-order valence-electron chi connectivity index (χ1n) is 7.91. The Morgan fingerprint density at radius 3 is 2.44 bits per heavy atom. The monoisotopic (exact) mass is 341 g/mol. The number of para-hydroxylation sites is 1. The predicted molar refractivity (Wildman–Crippen MR) is 92.7 cm³/mol. The van der Waals surface area contributed by atoms with Gasteiger partial charge in [0.25, 0.3) is 0 Å². The van der Waals surface area contributed by atoms with Crippen LogP contribution in [0.5, 0.6) is 0 Å². The molecule has 1 aromatic heterocycles. The number of nitrogens with zero attached hydrogens (tertiary/aromatic N) is 3. The van der Waals surface area contributed by atoms with Gasteiger partial charge < -0.3 is 10.6 Å². The van der Waals surface area contributed by atoms with E-state index in [4.69, 9.17) is 0 Å². The number of aromatic nitrogens is 3. The fourth-order valence-corrected chi connectivity index (χ4v) is 2.32. The van der Waals surface area contributed by atoms with Crippen molar-refractivity contribution in [3.05, 3.63) is 71.9 Å². The van der Waals surface area contributed by atoms with Crippen molar-refractivity contribution in [2.45, 2.75) is 12.8 Å². The van der Waals surface area contributed by atoms with Gasteiger partial charge in [0.2, 0.25) is 5.95 Å². The Bertz CT molecular complexity index is 806. The van der Waals surface area contributed by atoms with E-state index in [-0.39, 0.29) is 11.6 Å². The maximum Gasteiger partial charge on any atom is 0.249 e. The lowest BCUT2D eigenvalue weighted by atomic mass is 10.1. The minimum Gasteiger partial charge on any atom is -0.369 e. The molecule has 0 radical (unpaired) electrons. The molecule has 2 N–H and O–H groups in total. The molecule has 0 spiro atoms. The number of benzene rings is 2. The van der Waals surface area contributed by atoms with Crippen LogP contribution < -0.4 is 10.6 Å². The fourth-order valence-electron chi connectivity index (χ4n) is 2.32. The van der Waals surface area contributed by atoms with Gasteiger partial charge in [-0.2, -0.15) is 10.1 Å². The average molecular weight is 341 g/mol. The molecule has 0 fully saturated rings. The van der Waals surface area contributed by atoms with E-state index in [0.29, 0.717) is 12.4 Å². The number of nitrogens with one attached hydrogen (secondary N) is 2. The normalized spacial score (nSPS) is 10.5. The van der Waals surface area contributed by atoms with Crippen LogP contribution in [0, 0.1) is 11.6 Å². The second kappa shape index (κ2) is 8.14. The minimum absolute atomic E-state index is 0.0251. The molecule has 3 aromatic rings. The third kappa shape index (κ3) is 4.69. The zero-order valence-corrected chi connectivity index (χ0v) is 13.4. The molecule has 7 heteroatoms. The van der Waals surface area contributed by atoms with Gasteiger partial charge in [-0.05, 0) is 30.5 Å². The Morgan fingerprint density at radius 1 is 0.920 bits per heavy atom. The third-order valence-electron chi connectivity index (χ3n) is 3.55. The van der Waals surface area contributed by atoms with Gasteiger partial charge in [-0.15, -0.1) is 5.10 Å². The van der Waals surface area contributed by atoms with Crippen LogP contribution in [0.25, 0.3) is 0 Å². The topological polar surface area (TPSA) is 62.7 Å². The van der Waals surface area contributed by atoms with Crippen LogP contribution in [0.3, 0.4) is 0 Å². The van der Waals surface area contributed by atoms with Gasteiger partial charge >= 0.3 is 0 Å². The number of rotatable bonds is 7. The summed E-state index contributed by atoms with van der Waals surface area (Å²) in [5.74, 6) is -0.922. The van der Waals surface area contributed by atoms with E-state index in [1.54, 1.807) is 0 Å². The molecular formula is C18H17F2N5. The maximum atomic E-state index is 13.7. The Kier molecular flexibility index (Phi) is 5.46. The quantitative estimate of drug-likeness (QED) is 0.638. The van der Waals surface area contributed by atoms with E-state index < -0.39 is 11.6 Å². The van der Waals surface area contributed by atoms with Crippen molar-refractivity contribution < 1.29 is 8.78 Å². The minimum atomic E-state index is -0.718. The average Bonchev–Trinajstić information content (AvgIpc) is 2.63. The molecule has 0 saturated heterocycles. The molecule has 0 unspecified atom stereocenters. The van der Waals surface area contributed by atoms with E-state index in [9.17, 15) is 8.78 Å². The van der Waals surface area contributed by atoms with Crippen LogP contribution >= 0.6 is 0 Å². The molecule has 0 atom stereocenters. The van der Waals surface area contributed by atoms with Gasteiger partial charge in [-0.1, -0.05) is 36.4 Å². The lowest BCUT2D eigenvalue weighted by Gasteiger charge is -2.09. The maximum absolute atomic E-state index is 13.7. The molecule has 0 aliphatic rings. The molecule has 1 heterocycles. The lowest BCUT2D eigenvalue weighted by molar-refractivity contribution is 0.590. The van der Waals surface area contributed by atoms with E-state index in [2.05, 4.69) is 37.9 Å². The second-order valence-corrected chi connectivity index (χ2v) is 5.40. The number of hydrogen-bond donors (Lipinski definition) is 2. The fraction of sp³-hybridized carbons (Fsp3) is 0.167. The summed E-state index contributed by atoms with van der Waals surface area (Å²) >= 11 is 0. The largest absolute Gasteiger partial charge is 0.369 e. The smallest absolute Gasteiger partial charge is 0.249 e. The Morgan fingerprint density at radius 2 is 1.68 bits per heavy atom. The first-order valence-corrected chi connectivity index (χ1v) is 7.91. The van der Waals surface area contributed by atoms with Crippen molar-refractivity contribution >= 4 is 17.5 Å². The predicted octanol–water partition coefficient (Wildman–Crippen LogP) is 3.94. The van der Waals surface area contributed by atoms with E-state index >= 15 is 0 Å². The highest BCUT2D eigenvalue weighted by Gasteiger charge is 2.10. The third-order valence-corrected chi connectivity index (χ3v) is 3.55. The van der Waals surface area contributed by atoms with Crippen LogP contribution in [-0.2, 0) is 6.42 Å². The van der Waals surface area contributed by atoms with Crippen molar-refractivity contribution in [1.29, 1.82) is 0 Å². The summed E-state index contributed by atoms with van der Waals surface area (Å²) in [6.45, 7) is 0.696. The number of halogens is 2. The zero-order chi connectivity index (χ0) is 17.5. The summed E-state index contributed by atoms with van der Waals surface area (Å²) in [4.78, 5) is 4.17. The Hall–Kier alpha value is -3.09. The van der Waals surface area contributed by atoms with Crippen molar-refractivity contribution in [3.63, 3.8) is 0 Å². The molecule has 3 rings (SSSR count). The molecule has 5 nitrogen and oxygen atoms in total. The van der Waals surface area contributed by atoms with Crippen LogP contribution in [-0.4, -0.2) is 21.7 Å². The highest BCUT2D eigenvalue weighted by molar-refractivity contribution is 5.55. The molecule has 25 heavy (non-hydrogen) atoms. The van der Waals surface area contributed by atoms with E-state index in [1.807, 2.05) is 18.2 Å². The second-order valence-electron chi connectivity index (χ2n) is 5.40. The summed E-state index contributed by atoms with van der Waals surface area (Å²) in [5.41, 5.74) is 0.966. The van der Waals surface area contributed by atoms with Crippen LogP contribution in [0.4, 0.5) is 26.2 Å². The van der Waals surface area contributed by atoms with Crippen molar-refractivity contribution in [2.24, 2.45) is 0 Å². The summed E-state index contributed by atoms with van der Waals surface area (Å²) < 4.78 is 27.3. The molecule has 0 amide bonds. The lowest BCUT2D eigenvalue weighted by Crippen LogP contribution is -2.08. The van der Waals surface area contributed by atoms with Gasteiger partial charge in [0.15, 0.2) is 5.82 Å². The number of hydrogen-bond acceptors (Lipinski definition) is 5. The van der Waals surface area contributed by atoms with Crippen molar-refractivity contribution in [2.75, 3.05) is 17.2 Å². The number of aryl methyl sites for hydroxylation is 1. The summed E-state index contributed by atoms with van der Waals surface area (Å²) in [7, 11) is 0. The van der Waals surface area contributed by atoms with Gasteiger partial charge in [0, 0.05) is 6.54 Å². The van der Waals surface area contributed by atoms with Crippen LogP contribution in [0.15, 0.2) is 54.7 Å². The molecule has 0 aliphatic heterocycles. The molecule has 128 valence electrons. The Balaban J connectivity index is 1.56. The standard InChI is InChI=1S/C18H17F2N5/c19-14-9-4-10-15(20)17(14)24-18-23-16(12-22-25-18)21-11-5-8-13-6-2-1-3-7-13/h1-4,6-7,9-10,12H,5,8,11H2,(H2,21,23,24,25). The Labute approximate surface area is 144 Å².